The van der Waals surface area contributed by atoms with Crippen molar-refractivity contribution < 1.29 is 61.9 Å². The van der Waals surface area contributed by atoms with Gasteiger partial charge in [0.1, 0.15) is 0 Å². The molecule has 0 radical (unpaired) electrons. The first-order chi connectivity index (χ1) is 11.2. The summed E-state index contributed by atoms with van der Waals surface area (Å²) in [4.78, 5) is 10.6. The van der Waals surface area contributed by atoms with E-state index in [0.29, 0.717) is 6.08 Å². The second kappa shape index (κ2) is 6.79. The highest BCUT2D eigenvalue weighted by atomic mass is 19.4. The number of alkyl halides is 13. The van der Waals surface area contributed by atoms with Crippen LogP contribution in [0.3, 0.4) is 0 Å². The quantitative estimate of drug-likeness (QED) is 0.460. The molecule has 0 heterocycles. The molecule has 0 aliphatic carbocycles. The third-order valence-corrected chi connectivity index (χ3v) is 2.92. The average molecular weight is 417 g/mol. The van der Waals surface area contributed by atoms with Gasteiger partial charge in [-0.2, -0.15) is 57.1 Å². The predicted molar refractivity (Wildman–Crippen MR) is 58.6 cm³/mol. The molecule has 0 saturated heterocycles. The molecule has 0 spiro atoms. The Hall–Kier alpha value is -1.70. The van der Waals surface area contributed by atoms with Crippen LogP contribution in [0.5, 0.6) is 0 Å². The zero-order valence-corrected chi connectivity index (χ0v) is 12.0. The highest BCUT2D eigenvalue weighted by Gasteiger charge is 2.90. The van der Waals surface area contributed by atoms with E-state index in [0.717, 1.165) is 0 Å². The predicted octanol–water partition coefficient (Wildman–Crippen LogP) is 4.42. The molecular formula is C11H8F13NO. The molecule has 0 unspecified atom stereocenters. The lowest BCUT2D eigenvalue weighted by Gasteiger charge is -2.39. The molecule has 0 aliphatic rings. The van der Waals surface area contributed by atoms with Crippen molar-refractivity contribution in [2.24, 2.45) is 0 Å². The van der Waals surface area contributed by atoms with Crippen molar-refractivity contribution in [2.45, 2.75) is 42.2 Å². The fraction of sp³-hybridized carbons (Fsp3) is 0.727. The Bertz CT molecular complexity index is 537. The zero-order chi connectivity index (χ0) is 21.4. The van der Waals surface area contributed by atoms with Crippen LogP contribution < -0.4 is 5.32 Å². The van der Waals surface area contributed by atoms with E-state index < -0.39 is 54.7 Å². The van der Waals surface area contributed by atoms with Crippen LogP contribution in [0.25, 0.3) is 0 Å². The lowest BCUT2D eigenvalue weighted by molar-refractivity contribution is -0.440. The van der Waals surface area contributed by atoms with Crippen LogP contribution in [-0.2, 0) is 4.79 Å². The second-order valence-corrected chi connectivity index (χ2v) is 4.74. The molecule has 1 amide bonds. The van der Waals surface area contributed by atoms with Gasteiger partial charge in [-0.15, -0.1) is 0 Å². The maximum Gasteiger partial charge on any atom is 0.460 e. The van der Waals surface area contributed by atoms with E-state index in [1.165, 1.54) is 5.32 Å². The highest BCUT2D eigenvalue weighted by Crippen LogP contribution is 2.60. The molecule has 0 bridgehead atoms. The molecule has 0 saturated carbocycles. The summed E-state index contributed by atoms with van der Waals surface area (Å²) in [7, 11) is 0. The molecule has 0 aliphatic heterocycles. The summed E-state index contributed by atoms with van der Waals surface area (Å²) in [5.41, 5.74) is 0. The molecule has 0 atom stereocenters. The molecule has 0 fully saturated rings. The maximum atomic E-state index is 13.2. The first kappa shape index (κ1) is 24.3. The first-order valence-corrected chi connectivity index (χ1v) is 6.06. The number of rotatable bonds is 8. The summed E-state index contributed by atoms with van der Waals surface area (Å²) in [5.74, 6) is -38.3. The van der Waals surface area contributed by atoms with Crippen LogP contribution in [0.4, 0.5) is 57.1 Å². The molecule has 154 valence electrons. The van der Waals surface area contributed by atoms with Gasteiger partial charge >= 0.3 is 35.8 Å². The number of carbonyl (C=O) groups excluding carboxylic acids is 1. The molecule has 0 aromatic heterocycles. The van der Waals surface area contributed by atoms with Crippen molar-refractivity contribution in [1.29, 1.82) is 0 Å². The number of amides is 1. The number of hydrogen-bond acceptors (Lipinski definition) is 1. The Morgan fingerprint density at radius 2 is 1.12 bits per heavy atom. The molecule has 15 heteroatoms. The Balaban J connectivity index is 5.85. The van der Waals surface area contributed by atoms with Crippen molar-refractivity contribution in [3.05, 3.63) is 12.7 Å². The molecule has 2 nitrogen and oxygen atoms in total. The van der Waals surface area contributed by atoms with Crippen LogP contribution in [0.1, 0.15) is 6.42 Å². The van der Waals surface area contributed by atoms with E-state index in [1.807, 2.05) is 0 Å². The maximum absolute atomic E-state index is 13.2. The van der Waals surface area contributed by atoms with Crippen molar-refractivity contribution in [3.63, 3.8) is 0 Å². The second-order valence-electron chi connectivity index (χ2n) is 4.74. The van der Waals surface area contributed by atoms with Gasteiger partial charge in [0.25, 0.3) is 0 Å². The topological polar surface area (TPSA) is 29.1 Å². The van der Waals surface area contributed by atoms with E-state index in [1.54, 1.807) is 0 Å². The third kappa shape index (κ3) is 3.70. The van der Waals surface area contributed by atoms with Crippen LogP contribution in [-0.4, -0.2) is 48.2 Å². The minimum atomic E-state index is -7.92. The summed E-state index contributed by atoms with van der Waals surface area (Å²) in [6, 6.07) is 0. The number of nitrogens with one attached hydrogen (secondary N) is 1. The van der Waals surface area contributed by atoms with Crippen molar-refractivity contribution in [2.75, 3.05) is 6.54 Å². The molecule has 0 aromatic rings. The van der Waals surface area contributed by atoms with E-state index in [-0.39, 0.29) is 0 Å². The summed E-state index contributed by atoms with van der Waals surface area (Å²) in [6.45, 7) is 1.25. The minimum Gasteiger partial charge on any atom is -0.352 e. The fourth-order valence-corrected chi connectivity index (χ4v) is 1.37. The summed E-state index contributed by atoms with van der Waals surface area (Å²) >= 11 is 0. The molecule has 26 heavy (non-hydrogen) atoms. The first-order valence-electron chi connectivity index (χ1n) is 6.06. The lowest BCUT2D eigenvalue weighted by Crippen LogP contribution is -2.70. The summed E-state index contributed by atoms with van der Waals surface area (Å²) < 4.78 is 165. The van der Waals surface area contributed by atoms with Gasteiger partial charge in [-0.1, -0.05) is 6.58 Å². The minimum absolute atomic E-state index is 0.420. The molecule has 0 aromatic carbocycles. The van der Waals surface area contributed by atoms with E-state index in [9.17, 15) is 61.9 Å². The Kier molecular flexibility index (Phi) is 6.35. The SMILES string of the molecule is C=CC(=O)NCCC(F)(F)C(F)(F)C(F)(F)C(F)(F)C(F)(F)C(F)(F)F. The summed E-state index contributed by atoms with van der Waals surface area (Å²) in [5, 5.41) is 1.37. The number of carbonyl (C=O) groups is 1. The largest absolute Gasteiger partial charge is 0.460 e. The average Bonchev–Trinajstić information content (AvgIpc) is 2.44. The van der Waals surface area contributed by atoms with Gasteiger partial charge in [0.05, 0.1) is 0 Å². The van der Waals surface area contributed by atoms with Crippen molar-refractivity contribution in [3.8, 4) is 0 Å². The Morgan fingerprint density at radius 1 is 0.731 bits per heavy atom. The smallest absolute Gasteiger partial charge is 0.352 e. The normalized spacial score (nSPS) is 15.0. The van der Waals surface area contributed by atoms with Crippen molar-refractivity contribution in [1.82, 2.24) is 5.32 Å². The van der Waals surface area contributed by atoms with Crippen LogP contribution in [0.2, 0.25) is 0 Å². The van der Waals surface area contributed by atoms with Crippen LogP contribution in [0.15, 0.2) is 12.7 Å². The van der Waals surface area contributed by atoms with Gasteiger partial charge < -0.3 is 5.32 Å². The lowest BCUT2D eigenvalue weighted by atomic mass is 9.92. The molecular weight excluding hydrogens is 409 g/mol. The number of halogens is 13. The molecule has 0 rings (SSSR count). The third-order valence-electron chi connectivity index (χ3n) is 2.92. The zero-order valence-electron chi connectivity index (χ0n) is 12.0. The fourth-order valence-electron chi connectivity index (χ4n) is 1.37. The monoisotopic (exact) mass is 417 g/mol. The molecule has 1 N–H and O–H groups in total. The highest BCUT2D eigenvalue weighted by molar-refractivity contribution is 5.86. The van der Waals surface area contributed by atoms with Gasteiger partial charge in [0, 0.05) is 13.0 Å². The van der Waals surface area contributed by atoms with Gasteiger partial charge in [-0.3, -0.25) is 4.79 Å². The Morgan fingerprint density at radius 3 is 1.46 bits per heavy atom. The van der Waals surface area contributed by atoms with E-state index >= 15 is 0 Å². The van der Waals surface area contributed by atoms with Crippen molar-refractivity contribution >= 4 is 5.91 Å². The standard InChI is InChI=1S/C11H8F13NO/c1-2-5(26)25-4-3-6(12,13)7(14,15)8(16,17)9(18,19)10(20,21)11(22,23)24/h2H,1,3-4H2,(H,25,26). The van der Waals surface area contributed by atoms with E-state index in [4.69, 9.17) is 0 Å². The van der Waals surface area contributed by atoms with Gasteiger partial charge in [0.15, 0.2) is 0 Å². The van der Waals surface area contributed by atoms with Gasteiger partial charge in [-0.05, 0) is 6.08 Å². The van der Waals surface area contributed by atoms with E-state index in [2.05, 4.69) is 6.58 Å². The van der Waals surface area contributed by atoms with Gasteiger partial charge in [0.2, 0.25) is 5.91 Å². The Labute approximate surface area is 136 Å². The van der Waals surface area contributed by atoms with Gasteiger partial charge in [-0.25, -0.2) is 0 Å². The number of hydrogen-bond donors (Lipinski definition) is 1. The summed E-state index contributed by atoms with van der Waals surface area (Å²) in [6.07, 6.45) is -9.50. The van der Waals surface area contributed by atoms with Crippen LogP contribution >= 0.6 is 0 Å². The van der Waals surface area contributed by atoms with Crippen LogP contribution in [0, 0.1) is 0 Å².